The molecule has 5 fully saturated rings. The molecule has 0 N–H and O–H groups in total. The van der Waals surface area contributed by atoms with Gasteiger partial charge in [-0.2, -0.15) is 0 Å². The van der Waals surface area contributed by atoms with Crippen LogP contribution in [0.4, 0.5) is 0 Å². The van der Waals surface area contributed by atoms with Gasteiger partial charge in [-0.15, -0.1) is 0 Å². The fraction of sp³-hybridized carbons (Fsp3) is 1.00. The summed E-state index contributed by atoms with van der Waals surface area (Å²) < 4.78 is 0. The number of rotatable bonds is 9. The average Bonchev–Trinajstić information content (AvgIpc) is 3.44. The molecule has 8 unspecified atom stereocenters. The van der Waals surface area contributed by atoms with Crippen molar-refractivity contribution in [2.45, 2.75) is 182 Å². The Morgan fingerprint density at radius 3 is 1.95 bits per heavy atom. The second-order valence-electron chi connectivity index (χ2n) is 16.1. The number of hydrogen-bond donors (Lipinski definition) is 0. The summed E-state index contributed by atoms with van der Waals surface area (Å²) in [5, 5.41) is 0. The molecular formula is C39H72. The molecule has 0 bridgehead atoms. The molecule has 5 rings (SSSR count). The van der Waals surface area contributed by atoms with Crippen molar-refractivity contribution in [3.63, 3.8) is 0 Å². The van der Waals surface area contributed by atoms with Crippen LogP contribution < -0.4 is 0 Å². The van der Waals surface area contributed by atoms with Crippen molar-refractivity contribution in [3.8, 4) is 0 Å². The number of unbranched alkanes of at least 4 members (excludes halogenated alkanes) is 1. The predicted molar refractivity (Wildman–Crippen MR) is 173 cm³/mol. The molecule has 0 aromatic heterocycles. The molecule has 5 aliphatic carbocycles. The first-order valence-corrected chi connectivity index (χ1v) is 19.0. The smallest absolute Gasteiger partial charge is 0.0324 e. The highest BCUT2D eigenvalue weighted by molar-refractivity contribution is 4.96. The monoisotopic (exact) mass is 541 g/mol. The molecule has 0 aliphatic heterocycles. The van der Waals surface area contributed by atoms with Crippen LogP contribution in [0, 0.1) is 65.1 Å². The van der Waals surface area contributed by atoms with E-state index in [1.807, 2.05) is 0 Å². The Kier molecular flexibility index (Phi) is 13.6. The van der Waals surface area contributed by atoms with Crippen LogP contribution in [0.1, 0.15) is 182 Å². The quantitative estimate of drug-likeness (QED) is 0.273. The van der Waals surface area contributed by atoms with Crippen molar-refractivity contribution in [2.75, 3.05) is 0 Å². The molecule has 5 aliphatic rings. The first-order chi connectivity index (χ1) is 19.0. The lowest BCUT2D eigenvalue weighted by molar-refractivity contribution is 0.00254. The van der Waals surface area contributed by atoms with Gasteiger partial charge < -0.3 is 0 Å². The zero-order valence-electron chi connectivity index (χ0n) is 27.6. The van der Waals surface area contributed by atoms with Crippen molar-refractivity contribution in [1.29, 1.82) is 0 Å². The van der Waals surface area contributed by atoms with E-state index in [2.05, 4.69) is 34.6 Å². The maximum absolute atomic E-state index is 2.60. The van der Waals surface area contributed by atoms with Gasteiger partial charge in [-0.3, -0.25) is 0 Å². The van der Waals surface area contributed by atoms with Crippen LogP contribution in [0.3, 0.4) is 0 Å². The molecule has 0 saturated heterocycles. The van der Waals surface area contributed by atoms with Gasteiger partial charge in [0.25, 0.3) is 0 Å². The van der Waals surface area contributed by atoms with E-state index in [9.17, 15) is 0 Å². The predicted octanol–water partition coefficient (Wildman–Crippen LogP) is 12.9. The zero-order valence-corrected chi connectivity index (χ0v) is 27.6. The van der Waals surface area contributed by atoms with Crippen molar-refractivity contribution < 1.29 is 0 Å². The summed E-state index contributed by atoms with van der Waals surface area (Å²) in [6, 6.07) is 0. The lowest BCUT2D eigenvalue weighted by Crippen LogP contribution is -2.41. The first-order valence-electron chi connectivity index (χ1n) is 19.0. The highest BCUT2D eigenvalue weighted by atomic mass is 14.5. The summed E-state index contributed by atoms with van der Waals surface area (Å²) in [7, 11) is 0. The molecule has 0 radical (unpaired) electrons. The zero-order chi connectivity index (χ0) is 27.6. The van der Waals surface area contributed by atoms with Gasteiger partial charge in [0.15, 0.2) is 0 Å². The van der Waals surface area contributed by atoms with Gasteiger partial charge >= 0.3 is 0 Å². The molecule has 8 atom stereocenters. The second-order valence-corrected chi connectivity index (χ2v) is 16.1. The molecule has 228 valence electrons. The number of hydrogen-bond acceptors (Lipinski definition) is 0. The Morgan fingerprint density at radius 1 is 0.538 bits per heavy atom. The highest BCUT2D eigenvalue weighted by Gasteiger charge is 2.47. The third-order valence-electron chi connectivity index (χ3n) is 13.6. The molecule has 5 saturated carbocycles. The van der Waals surface area contributed by atoms with E-state index in [0.29, 0.717) is 0 Å². The summed E-state index contributed by atoms with van der Waals surface area (Å²) in [5.74, 6) is 11.9. The SMILES string of the molecule is CCC1CCC(CCC2CCC(C)CC2CC)CC1.CCCCC1C(C)CC2CCCC2C1C1CCCCC1. The van der Waals surface area contributed by atoms with E-state index in [0.717, 1.165) is 65.1 Å². The minimum absolute atomic E-state index is 1.00. The Morgan fingerprint density at radius 2 is 1.26 bits per heavy atom. The average molecular weight is 541 g/mol. The van der Waals surface area contributed by atoms with Crippen LogP contribution in [0.15, 0.2) is 0 Å². The molecular weight excluding hydrogens is 468 g/mol. The number of fused-ring (bicyclic) bond motifs is 1. The summed E-state index contributed by atoms with van der Waals surface area (Å²) >= 11 is 0. The van der Waals surface area contributed by atoms with Crippen molar-refractivity contribution in [3.05, 3.63) is 0 Å². The second kappa shape index (κ2) is 16.6. The van der Waals surface area contributed by atoms with Gasteiger partial charge in [0.1, 0.15) is 0 Å². The molecule has 0 heteroatoms. The molecule has 0 aromatic carbocycles. The van der Waals surface area contributed by atoms with E-state index >= 15 is 0 Å². The third kappa shape index (κ3) is 8.99. The van der Waals surface area contributed by atoms with E-state index < -0.39 is 0 Å². The van der Waals surface area contributed by atoms with Crippen LogP contribution in [-0.2, 0) is 0 Å². The van der Waals surface area contributed by atoms with Crippen LogP contribution in [0.5, 0.6) is 0 Å². The maximum atomic E-state index is 2.60. The van der Waals surface area contributed by atoms with Gasteiger partial charge in [-0.1, -0.05) is 144 Å². The summed E-state index contributed by atoms with van der Waals surface area (Å²) in [5.41, 5.74) is 0. The topological polar surface area (TPSA) is 0 Å². The minimum Gasteiger partial charge on any atom is -0.0654 e. The maximum Gasteiger partial charge on any atom is -0.0324 e. The third-order valence-corrected chi connectivity index (χ3v) is 13.6. The van der Waals surface area contributed by atoms with Gasteiger partial charge in [0.2, 0.25) is 0 Å². The Bertz CT molecular complexity index is 636. The van der Waals surface area contributed by atoms with E-state index in [-0.39, 0.29) is 0 Å². The lowest BCUT2D eigenvalue weighted by Gasteiger charge is -2.49. The van der Waals surface area contributed by atoms with E-state index in [1.165, 1.54) is 77.0 Å². The van der Waals surface area contributed by atoms with Crippen LogP contribution >= 0.6 is 0 Å². The summed E-state index contributed by atoms with van der Waals surface area (Å²) in [4.78, 5) is 0. The molecule has 39 heavy (non-hydrogen) atoms. The van der Waals surface area contributed by atoms with Crippen LogP contribution in [0.25, 0.3) is 0 Å². The largest absolute Gasteiger partial charge is 0.0654 e. The normalized spacial score (nSPS) is 41.5. The van der Waals surface area contributed by atoms with Gasteiger partial charge in [-0.05, 0) is 104 Å². The van der Waals surface area contributed by atoms with Gasteiger partial charge in [0.05, 0.1) is 0 Å². The fourth-order valence-electron chi connectivity index (χ4n) is 11.2. The Hall–Kier alpha value is 0. The molecule has 0 aromatic rings. The molecule has 0 nitrogen and oxygen atoms in total. The van der Waals surface area contributed by atoms with Crippen molar-refractivity contribution in [1.82, 2.24) is 0 Å². The standard InChI is InChI=1S/C20H36.C19H36/c1-3-4-12-18-15(2)14-17-11-8-13-19(17)20(18)16-9-6-5-7-10-16;1-4-16-7-9-17(10-8-16)11-13-19-12-6-15(3)14-18(19)5-2/h15-20H,3-14H2,1-2H3;15-19H,4-14H2,1-3H3. The molecule has 0 amide bonds. The van der Waals surface area contributed by atoms with Crippen molar-refractivity contribution >= 4 is 0 Å². The molecule has 0 heterocycles. The lowest BCUT2D eigenvalue weighted by atomic mass is 9.56. The Balaban J connectivity index is 0.000000181. The van der Waals surface area contributed by atoms with Crippen LogP contribution in [0.2, 0.25) is 0 Å². The van der Waals surface area contributed by atoms with E-state index in [1.54, 1.807) is 70.6 Å². The van der Waals surface area contributed by atoms with Gasteiger partial charge in [-0.25, -0.2) is 0 Å². The summed E-state index contributed by atoms with van der Waals surface area (Å²) in [6.45, 7) is 12.2. The highest BCUT2D eigenvalue weighted by Crippen LogP contribution is 2.55. The Labute approximate surface area is 247 Å². The fourth-order valence-corrected chi connectivity index (χ4v) is 11.2. The minimum atomic E-state index is 1.00. The molecule has 0 spiro atoms. The van der Waals surface area contributed by atoms with E-state index in [4.69, 9.17) is 0 Å². The van der Waals surface area contributed by atoms with Gasteiger partial charge in [0, 0.05) is 0 Å². The first kappa shape index (κ1) is 31.9. The van der Waals surface area contributed by atoms with Crippen LogP contribution in [-0.4, -0.2) is 0 Å². The van der Waals surface area contributed by atoms with Crippen molar-refractivity contribution in [2.24, 2.45) is 65.1 Å². The summed E-state index contributed by atoms with van der Waals surface area (Å²) in [6.07, 6.45) is 35.1.